The van der Waals surface area contributed by atoms with Gasteiger partial charge in [0.15, 0.2) is 0 Å². The maximum atomic E-state index is 9.07. The SMILES string of the molecule is N#Cc1ccc(-c2ccccc2)c(-c2ccsc2)c1. The van der Waals surface area contributed by atoms with Gasteiger partial charge >= 0.3 is 0 Å². The fraction of sp³-hybridized carbons (Fsp3) is 0. The average Bonchev–Trinajstić information content (AvgIpc) is 3.01. The lowest BCUT2D eigenvalue weighted by atomic mass is 9.94. The molecule has 2 heteroatoms. The largest absolute Gasteiger partial charge is 0.192 e. The quantitative estimate of drug-likeness (QED) is 0.640. The van der Waals surface area contributed by atoms with Gasteiger partial charge in [-0.1, -0.05) is 36.4 Å². The molecule has 0 aliphatic rings. The molecule has 3 rings (SSSR count). The first-order chi connectivity index (χ1) is 9.38. The van der Waals surface area contributed by atoms with Crippen LogP contribution in [0.1, 0.15) is 5.56 Å². The van der Waals surface area contributed by atoms with Crippen molar-refractivity contribution in [3.63, 3.8) is 0 Å². The molecule has 0 atom stereocenters. The lowest BCUT2D eigenvalue weighted by Crippen LogP contribution is -1.85. The number of hydrogen-bond acceptors (Lipinski definition) is 2. The molecule has 0 saturated carbocycles. The summed E-state index contributed by atoms with van der Waals surface area (Å²) in [6.07, 6.45) is 0. The van der Waals surface area contributed by atoms with Crippen molar-refractivity contribution in [2.45, 2.75) is 0 Å². The highest BCUT2D eigenvalue weighted by atomic mass is 32.1. The molecule has 0 saturated heterocycles. The fourth-order valence-electron chi connectivity index (χ4n) is 2.14. The van der Waals surface area contributed by atoms with Crippen LogP contribution >= 0.6 is 11.3 Å². The Morgan fingerprint density at radius 1 is 0.842 bits per heavy atom. The van der Waals surface area contributed by atoms with E-state index in [4.69, 9.17) is 5.26 Å². The average molecular weight is 261 g/mol. The van der Waals surface area contributed by atoms with E-state index in [1.807, 2.05) is 36.4 Å². The van der Waals surface area contributed by atoms with E-state index in [-0.39, 0.29) is 0 Å². The summed E-state index contributed by atoms with van der Waals surface area (Å²) in [6.45, 7) is 0. The Kier molecular flexibility index (Phi) is 3.14. The third-order valence-electron chi connectivity index (χ3n) is 3.07. The molecule has 0 aliphatic heterocycles. The lowest BCUT2D eigenvalue weighted by molar-refractivity contribution is 1.48. The van der Waals surface area contributed by atoms with Crippen molar-refractivity contribution in [3.8, 4) is 28.3 Å². The van der Waals surface area contributed by atoms with Crippen LogP contribution in [0.4, 0.5) is 0 Å². The molecule has 90 valence electrons. The topological polar surface area (TPSA) is 23.8 Å². The number of rotatable bonds is 2. The summed E-state index contributed by atoms with van der Waals surface area (Å²) in [5, 5.41) is 13.2. The van der Waals surface area contributed by atoms with E-state index in [9.17, 15) is 0 Å². The molecule has 2 aromatic carbocycles. The Balaban J connectivity index is 2.23. The monoisotopic (exact) mass is 261 g/mol. The lowest BCUT2D eigenvalue weighted by Gasteiger charge is -2.09. The molecule has 1 nitrogen and oxygen atoms in total. The summed E-state index contributed by atoms with van der Waals surface area (Å²) in [5.41, 5.74) is 5.32. The van der Waals surface area contributed by atoms with E-state index < -0.39 is 0 Å². The van der Waals surface area contributed by atoms with E-state index >= 15 is 0 Å². The van der Waals surface area contributed by atoms with Gasteiger partial charge < -0.3 is 0 Å². The Hall–Kier alpha value is -2.37. The zero-order chi connectivity index (χ0) is 13.1. The molecule has 0 bridgehead atoms. The molecule has 0 N–H and O–H groups in total. The molecular weight excluding hydrogens is 250 g/mol. The Morgan fingerprint density at radius 2 is 1.68 bits per heavy atom. The van der Waals surface area contributed by atoms with Crippen LogP contribution in [0.2, 0.25) is 0 Å². The summed E-state index contributed by atoms with van der Waals surface area (Å²) >= 11 is 1.67. The molecule has 0 radical (unpaired) electrons. The van der Waals surface area contributed by atoms with Gasteiger partial charge in [0, 0.05) is 0 Å². The van der Waals surface area contributed by atoms with Crippen LogP contribution in [0.5, 0.6) is 0 Å². The van der Waals surface area contributed by atoms with Gasteiger partial charge in [-0.2, -0.15) is 16.6 Å². The van der Waals surface area contributed by atoms with Crippen LogP contribution in [-0.4, -0.2) is 0 Å². The Bertz CT molecular complexity index is 722. The molecule has 19 heavy (non-hydrogen) atoms. The van der Waals surface area contributed by atoms with Crippen molar-refractivity contribution in [3.05, 3.63) is 70.9 Å². The predicted molar refractivity (Wildman–Crippen MR) is 79.9 cm³/mol. The Morgan fingerprint density at radius 3 is 2.37 bits per heavy atom. The second kappa shape index (κ2) is 5.09. The van der Waals surface area contributed by atoms with Gasteiger partial charge in [-0.3, -0.25) is 0 Å². The van der Waals surface area contributed by atoms with Gasteiger partial charge in [-0.15, -0.1) is 0 Å². The van der Waals surface area contributed by atoms with E-state index in [1.54, 1.807) is 11.3 Å². The molecule has 0 amide bonds. The van der Waals surface area contributed by atoms with Crippen LogP contribution < -0.4 is 0 Å². The van der Waals surface area contributed by atoms with Gasteiger partial charge in [0.05, 0.1) is 11.6 Å². The standard InChI is InChI=1S/C17H11NS/c18-11-13-6-7-16(14-4-2-1-3-5-14)17(10-13)15-8-9-19-12-15/h1-10,12H. The number of benzene rings is 2. The molecule has 0 spiro atoms. The highest BCUT2D eigenvalue weighted by Crippen LogP contribution is 2.33. The van der Waals surface area contributed by atoms with Crippen LogP contribution in [-0.2, 0) is 0 Å². The zero-order valence-electron chi connectivity index (χ0n) is 10.2. The van der Waals surface area contributed by atoms with Crippen molar-refractivity contribution < 1.29 is 0 Å². The summed E-state index contributed by atoms with van der Waals surface area (Å²) in [6, 6.07) is 20.4. The second-order valence-corrected chi connectivity index (χ2v) is 5.03. The van der Waals surface area contributed by atoms with Crippen LogP contribution in [0, 0.1) is 11.3 Å². The zero-order valence-corrected chi connectivity index (χ0v) is 11.0. The molecule has 1 aromatic heterocycles. The molecule has 1 heterocycles. The van der Waals surface area contributed by atoms with E-state index in [2.05, 4.69) is 35.0 Å². The van der Waals surface area contributed by atoms with Crippen molar-refractivity contribution in [2.24, 2.45) is 0 Å². The maximum Gasteiger partial charge on any atom is 0.0991 e. The summed E-state index contributed by atoms with van der Waals surface area (Å²) in [5.74, 6) is 0. The van der Waals surface area contributed by atoms with Gasteiger partial charge in [-0.05, 0) is 51.2 Å². The van der Waals surface area contributed by atoms with Crippen molar-refractivity contribution in [1.29, 1.82) is 5.26 Å². The van der Waals surface area contributed by atoms with Gasteiger partial charge in [0.1, 0.15) is 0 Å². The third kappa shape index (κ3) is 2.29. The minimum absolute atomic E-state index is 0.695. The number of nitriles is 1. The van der Waals surface area contributed by atoms with Crippen molar-refractivity contribution in [2.75, 3.05) is 0 Å². The maximum absolute atomic E-state index is 9.07. The molecule has 3 aromatic rings. The first-order valence-electron chi connectivity index (χ1n) is 6.00. The van der Waals surface area contributed by atoms with Gasteiger partial charge in [-0.25, -0.2) is 0 Å². The number of hydrogen-bond donors (Lipinski definition) is 0. The minimum atomic E-state index is 0.695. The third-order valence-corrected chi connectivity index (χ3v) is 3.75. The minimum Gasteiger partial charge on any atom is -0.192 e. The fourth-order valence-corrected chi connectivity index (χ4v) is 2.80. The predicted octanol–water partition coefficient (Wildman–Crippen LogP) is 4.95. The number of nitrogens with zero attached hydrogens (tertiary/aromatic N) is 1. The number of thiophene rings is 1. The first kappa shape index (κ1) is 11.7. The van der Waals surface area contributed by atoms with Crippen LogP contribution in [0.25, 0.3) is 22.3 Å². The van der Waals surface area contributed by atoms with Crippen LogP contribution in [0.3, 0.4) is 0 Å². The highest BCUT2D eigenvalue weighted by Gasteiger charge is 2.08. The molecular formula is C17H11NS. The van der Waals surface area contributed by atoms with E-state index in [1.165, 1.54) is 11.1 Å². The highest BCUT2D eigenvalue weighted by molar-refractivity contribution is 7.08. The van der Waals surface area contributed by atoms with Crippen LogP contribution in [0.15, 0.2) is 65.4 Å². The summed E-state index contributed by atoms with van der Waals surface area (Å²) < 4.78 is 0. The van der Waals surface area contributed by atoms with Crippen molar-refractivity contribution in [1.82, 2.24) is 0 Å². The smallest absolute Gasteiger partial charge is 0.0991 e. The second-order valence-electron chi connectivity index (χ2n) is 4.25. The van der Waals surface area contributed by atoms with Gasteiger partial charge in [0.2, 0.25) is 0 Å². The van der Waals surface area contributed by atoms with Gasteiger partial charge in [0.25, 0.3) is 0 Å². The van der Waals surface area contributed by atoms with Crippen molar-refractivity contribution >= 4 is 11.3 Å². The molecule has 0 aliphatic carbocycles. The van der Waals surface area contributed by atoms with E-state index in [0.29, 0.717) is 5.56 Å². The Labute approximate surface area is 116 Å². The normalized spacial score (nSPS) is 10.1. The van der Waals surface area contributed by atoms with E-state index in [0.717, 1.165) is 11.1 Å². The summed E-state index contributed by atoms with van der Waals surface area (Å²) in [4.78, 5) is 0. The molecule has 0 fully saturated rings. The summed E-state index contributed by atoms with van der Waals surface area (Å²) in [7, 11) is 0. The molecule has 0 unspecified atom stereocenters. The first-order valence-corrected chi connectivity index (χ1v) is 6.95.